The lowest BCUT2D eigenvalue weighted by atomic mass is 10.1. The first-order chi connectivity index (χ1) is 6.37. The van der Waals surface area contributed by atoms with E-state index in [9.17, 15) is 4.79 Å². The summed E-state index contributed by atoms with van der Waals surface area (Å²) in [6.07, 6.45) is 0. The van der Waals surface area contributed by atoms with E-state index >= 15 is 0 Å². The van der Waals surface area contributed by atoms with Gasteiger partial charge in [0, 0.05) is 0 Å². The average molecular weight is 270 g/mol. The van der Waals surface area contributed by atoms with E-state index in [-0.39, 0.29) is 10.6 Å². The molecule has 0 saturated heterocycles. The Hall–Kier alpha value is 0.110. The Kier molecular flexibility index (Phi) is 3.75. The summed E-state index contributed by atoms with van der Waals surface area (Å²) in [5.74, 6) is 0. The minimum Gasteiger partial charge on any atom is -0.282 e. The number of hydrogen-bond donors (Lipinski definition) is 1. The Morgan fingerprint density at radius 2 is 1.43 bits per heavy atom. The molecule has 0 aliphatic heterocycles. The zero-order valence-corrected chi connectivity index (χ0v) is 10.7. The monoisotopic (exact) mass is 268 g/mol. The van der Waals surface area contributed by atoms with Crippen molar-refractivity contribution in [3.05, 3.63) is 31.8 Å². The zero-order chi connectivity index (χ0) is 11.0. The predicted octanol–water partition coefficient (Wildman–Crippen LogP) is 4.33. The lowest BCUT2D eigenvalue weighted by Crippen LogP contribution is -1.98. The third kappa shape index (κ3) is 1.89. The molecule has 0 amide bonds. The van der Waals surface area contributed by atoms with Crippen LogP contribution in [0.5, 0.6) is 0 Å². The molecule has 5 heteroatoms. The Labute approximate surface area is 103 Å². The summed E-state index contributed by atoms with van der Waals surface area (Å²) < 4.78 is 0. The second-order valence-corrected chi connectivity index (χ2v) is 4.41. The van der Waals surface area contributed by atoms with Gasteiger partial charge < -0.3 is 0 Å². The lowest BCUT2D eigenvalue weighted by molar-refractivity contribution is 0.109. The number of thiol groups is 1. The van der Waals surface area contributed by atoms with Crippen molar-refractivity contribution in [1.82, 2.24) is 0 Å². The molecule has 0 atom stereocenters. The molecule has 0 unspecified atom stereocenters. The predicted molar refractivity (Wildman–Crippen MR) is 64.3 cm³/mol. The van der Waals surface area contributed by atoms with Gasteiger partial charge in [0.1, 0.15) is 0 Å². The summed E-state index contributed by atoms with van der Waals surface area (Å²) in [6, 6.07) is 0. The second kappa shape index (κ2) is 4.31. The van der Waals surface area contributed by atoms with Crippen molar-refractivity contribution in [1.29, 1.82) is 0 Å². The smallest absolute Gasteiger partial charge is 0.219 e. The molecule has 1 rings (SSSR count). The van der Waals surface area contributed by atoms with Gasteiger partial charge in [0.25, 0.3) is 0 Å². The van der Waals surface area contributed by atoms with E-state index in [4.69, 9.17) is 34.8 Å². The molecule has 14 heavy (non-hydrogen) atoms. The van der Waals surface area contributed by atoms with Crippen LogP contribution in [-0.4, -0.2) is 5.12 Å². The molecule has 0 aliphatic rings. The van der Waals surface area contributed by atoms with Crippen LogP contribution in [0.15, 0.2) is 0 Å². The summed E-state index contributed by atoms with van der Waals surface area (Å²) in [6.45, 7) is 3.57. The minimum absolute atomic E-state index is 0.166. The van der Waals surface area contributed by atoms with E-state index < -0.39 is 5.12 Å². The molecule has 1 aromatic carbocycles. The molecule has 0 bridgehead atoms. The van der Waals surface area contributed by atoms with E-state index in [1.54, 1.807) is 13.8 Å². The Morgan fingerprint density at radius 3 is 1.86 bits per heavy atom. The lowest BCUT2D eigenvalue weighted by Gasteiger charge is -2.11. The SMILES string of the molecule is Cc1c(C)c(Cl)c(C(=O)S)c(Cl)c1Cl. The molecule has 0 aromatic heterocycles. The third-order valence-electron chi connectivity index (χ3n) is 2.07. The van der Waals surface area contributed by atoms with E-state index in [0.29, 0.717) is 10.0 Å². The van der Waals surface area contributed by atoms with E-state index in [2.05, 4.69) is 12.6 Å². The molecule has 0 N–H and O–H groups in total. The van der Waals surface area contributed by atoms with Gasteiger partial charge in [-0.2, -0.15) is 0 Å². The van der Waals surface area contributed by atoms with Gasteiger partial charge in [-0.25, -0.2) is 0 Å². The number of carbonyl (C=O) groups excluding carboxylic acids is 1. The van der Waals surface area contributed by atoms with Crippen molar-refractivity contribution in [2.24, 2.45) is 0 Å². The van der Waals surface area contributed by atoms with Gasteiger partial charge in [-0.05, 0) is 25.0 Å². The van der Waals surface area contributed by atoms with Gasteiger partial charge in [-0.15, -0.1) is 12.6 Å². The number of carbonyl (C=O) groups is 1. The molecule has 0 radical (unpaired) electrons. The molecule has 0 fully saturated rings. The number of hydrogen-bond acceptors (Lipinski definition) is 1. The van der Waals surface area contributed by atoms with Crippen molar-refractivity contribution in [2.45, 2.75) is 13.8 Å². The number of rotatable bonds is 1. The molecule has 1 nitrogen and oxygen atoms in total. The van der Waals surface area contributed by atoms with Gasteiger partial charge in [0.15, 0.2) is 0 Å². The van der Waals surface area contributed by atoms with Crippen LogP contribution < -0.4 is 0 Å². The maximum absolute atomic E-state index is 11.1. The van der Waals surface area contributed by atoms with Gasteiger partial charge >= 0.3 is 0 Å². The van der Waals surface area contributed by atoms with Gasteiger partial charge in [-0.1, -0.05) is 34.8 Å². The van der Waals surface area contributed by atoms with Crippen LogP contribution in [0.25, 0.3) is 0 Å². The highest BCUT2D eigenvalue weighted by atomic mass is 35.5. The van der Waals surface area contributed by atoms with Crippen molar-refractivity contribution in [3.63, 3.8) is 0 Å². The van der Waals surface area contributed by atoms with Crippen LogP contribution in [0.1, 0.15) is 21.5 Å². The van der Waals surface area contributed by atoms with Crippen molar-refractivity contribution >= 4 is 52.5 Å². The first-order valence-electron chi connectivity index (χ1n) is 3.74. The molecule has 0 aliphatic carbocycles. The van der Waals surface area contributed by atoms with Crippen molar-refractivity contribution in [2.75, 3.05) is 0 Å². The second-order valence-electron chi connectivity index (χ2n) is 2.87. The molecule has 0 spiro atoms. The summed E-state index contributed by atoms with van der Waals surface area (Å²) in [5, 5.41) is 0.354. The highest BCUT2D eigenvalue weighted by molar-refractivity contribution is 7.97. The van der Waals surface area contributed by atoms with Crippen LogP contribution >= 0.6 is 47.4 Å². The van der Waals surface area contributed by atoms with Crippen LogP contribution in [0.2, 0.25) is 15.1 Å². The molecule has 76 valence electrons. The maximum atomic E-state index is 11.1. The summed E-state index contributed by atoms with van der Waals surface area (Å²) in [4.78, 5) is 11.1. The first kappa shape index (κ1) is 12.2. The molecular formula is C9H7Cl3OS. The average Bonchev–Trinajstić information content (AvgIpc) is 2.11. The minimum atomic E-state index is -0.481. The number of halogens is 3. The fourth-order valence-electron chi connectivity index (χ4n) is 1.08. The van der Waals surface area contributed by atoms with E-state index in [1.165, 1.54) is 0 Å². The summed E-state index contributed by atoms with van der Waals surface area (Å²) in [5.41, 5.74) is 1.70. The Morgan fingerprint density at radius 1 is 1.00 bits per heavy atom. The van der Waals surface area contributed by atoms with E-state index in [0.717, 1.165) is 11.1 Å². The Bertz CT molecular complexity index is 386. The van der Waals surface area contributed by atoms with Crippen molar-refractivity contribution < 1.29 is 4.79 Å². The van der Waals surface area contributed by atoms with Crippen LogP contribution in [-0.2, 0) is 0 Å². The zero-order valence-electron chi connectivity index (χ0n) is 7.49. The van der Waals surface area contributed by atoms with Gasteiger partial charge in [0.05, 0.1) is 20.6 Å². The largest absolute Gasteiger partial charge is 0.282 e. The third-order valence-corrected chi connectivity index (χ3v) is 3.71. The summed E-state index contributed by atoms with van der Waals surface area (Å²) >= 11 is 21.5. The topological polar surface area (TPSA) is 17.1 Å². The molecule has 1 aromatic rings. The molecule has 0 heterocycles. The fourth-order valence-corrected chi connectivity index (χ4v) is 2.36. The van der Waals surface area contributed by atoms with Crippen LogP contribution in [0, 0.1) is 13.8 Å². The van der Waals surface area contributed by atoms with Crippen LogP contribution in [0.3, 0.4) is 0 Å². The van der Waals surface area contributed by atoms with Gasteiger partial charge in [0.2, 0.25) is 5.12 Å². The van der Waals surface area contributed by atoms with Gasteiger partial charge in [-0.3, -0.25) is 4.79 Å². The van der Waals surface area contributed by atoms with E-state index in [1.807, 2.05) is 0 Å². The van der Waals surface area contributed by atoms with Crippen LogP contribution in [0.4, 0.5) is 0 Å². The summed E-state index contributed by atoms with van der Waals surface area (Å²) in [7, 11) is 0. The maximum Gasteiger partial charge on any atom is 0.219 e. The first-order valence-corrected chi connectivity index (χ1v) is 5.33. The quantitative estimate of drug-likeness (QED) is 0.593. The Balaban J connectivity index is 3.68. The number of benzene rings is 1. The molecular weight excluding hydrogens is 263 g/mol. The standard InChI is InChI=1S/C9H7Cl3OS/c1-3-4(2)7(11)8(12)5(6(3)10)9(13)14/h1-2H3,(H,13,14). The highest BCUT2D eigenvalue weighted by Crippen LogP contribution is 2.38. The molecule has 0 saturated carbocycles. The normalized spacial score (nSPS) is 10.4. The fraction of sp³-hybridized carbons (Fsp3) is 0.222. The van der Waals surface area contributed by atoms with Crippen molar-refractivity contribution in [3.8, 4) is 0 Å². The highest BCUT2D eigenvalue weighted by Gasteiger charge is 2.19.